The van der Waals surface area contributed by atoms with Gasteiger partial charge in [-0.25, -0.2) is 5.43 Å². The maximum Gasteiger partial charge on any atom is 0.271 e. The van der Waals surface area contributed by atoms with Crippen molar-refractivity contribution in [1.82, 2.24) is 5.43 Å². The lowest BCUT2D eigenvalue weighted by Crippen LogP contribution is -2.17. The fourth-order valence-corrected chi connectivity index (χ4v) is 3.26. The average Bonchev–Trinajstić information content (AvgIpc) is 3.17. The first-order chi connectivity index (χ1) is 12.7. The molecule has 26 heavy (non-hydrogen) atoms. The van der Waals surface area contributed by atoms with Crippen LogP contribution in [-0.2, 0) is 0 Å². The number of hydrazone groups is 1. The second kappa shape index (κ2) is 8.31. The van der Waals surface area contributed by atoms with Gasteiger partial charge in [-0.1, -0.05) is 30.3 Å². The molecule has 0 aliphatic carbocycles. The molecular weight excluding hydrogens is 348 g/mol. The Morgan fingerprint density at radius 1 is 1.00 bits per heavy atom. The molecule has 132 valence electrons. The van der Waals surface area contributed by atoms with Gasteiger partial charge in [0.25, 0.3) is 5.91 Å². The van der Waals surface area contributed by atoms with E-state index in [-0.39, 0.29) is 5.91 Å². The summed E-state index contributed by atoms with van der Waals surface area (Å²) >= 11 is 1.61. The van der Waals surface area contributed by atoms with Gasteiger partial charge in [0, 0.05) is 15.3 Å². The molecule has 0 radical (unpaired) electrons. The number of rotatable bonds is 6. The molecule has 3 aromatic rings. The number of benzene rings is 2. The minimum absolute atomic E-state index is 0.318. The molecule has 1 aromatic heterocycles. The number of hydrogen-bond acceptors (Lipinski definition) is 5. The van der Waals surface area contributed by atoms with Crippen LogP contribution in [0.1, 0.15) is 15.2 Å². The normalized spacial score (nSPS) is 10.7. The lowest BCUT2D eigenvalue weighted by Gasteiger charge is -2.08. The fraction of sp³-hybridized carbons (Fsp3) is 0.100. The second-order valence-electron chi connectivity index (χ2n) is 5.34. The van der Waals surface area contributed by atoms with Crippen molar-refractivity contribution in [2.75, 3.05) is 14.2 Å². The summed E-state index contributed by atoms with van der Waals surface area (Å²) in [5.41, 5.74) is 4.13. The third-order valence-electron chi connectivity index (χ3n) is 3.69. The molecule has 5 nitrogen and oxygen atoms in total. The van der Waals surface area contributed by atoms with Crippen LogP contribution in [0.2, 0.25) is 0 Å². The van der Waals surface area contributed by atoms with E-state index in [4.69, 9.17) is 9.47 Å². The summed E-state index contributed by atoms with van der Waals surface area (Å²) in [7, 11) is 3.07. The number of carbonyl (C=O) groups excluding carboxylic acids is 1. The predicted octanol–water partition coefficient (Wildman–Crippen LogP) is 4.20. The van der Waals surface area contributed by atoms with Gasteiger partial charge in [0.1, 0.15) is 0 Å². The fourth-order valence-electron chi connectivity index (χ4n) is 2.38. The number of ether oxygens (including phenoxy) is 2. The van der Waals surface area contributed by atoms with Crippen molar-refractivity contribution in [3.8, 4) is 21.9 Å². The standard InChI is InChI=1S/C20H18N2O3S/c1-24-17-10-8-15(12-18(17)25-2)20(23)22-21-13-16-9-11-19(26-16)14-6-4-3-5-7-14/h3-13H,1-2H3,(H,22,23)/b21-13-. The van der Waals surface area contributed by atoms with E-state index in [0.29, 0.717) is 17.1 Å². The smallest absolute Gasteiger partial charge is 0.271 e. The molecule has 0 atom stereocenters. The summed E-state index contributed by atoms with van der Waals surface area (Å²) in [5.74, 6) is 0.747. The summed E-state index contributed by atoms with van der Waals surface area (Å²) in [6.07, 6.45) is 1.63. The van der Waals surface area contributed by atoms with E-state index < -0.39 is 0 Å². The summed E-state index contributed by atoms with van der Waals surface area (Å²) in [6, 6.07) is 19.1. The van der Waals surface area contributed by atoms with Crippen LogP contribution >= 0.6 is 11.3 Å². The van der Waals surface area contributed by atoms with E-state index in [0.717, 1.165) is 15.3 Å². The topological polar surface area (TPSA) is 59.9 Å². The highest BCUT2D eigenvalue weighted by atomic mass is 32.1. The third-order valence-corrected chi connectivity index (χ3v) is 4.76. The Bertz CT molecular complexity index is 920. The first-order valence-corrected chi connectivity index (χ1v) is 8.73. The molecule has 0 aliphatic rings. The van der Waals surface area contributed by atoms with E-state index >= 15 is 0 Å². The monoisotopic (exact) mass is 366 g/mol. The van der Waals surface area contributed by atoms with Crippen LogP contribution in [-0.4, -0.2) is 26.3 Å². The third kappa shape index (κ3) is 4.10. The first-order valence-electron chi connectivity index (χ1n) is 7.92. The molecule has 0 spiro atoms. The van der Waals surface area contributed by atoms with Crippen LogP contribution in [0.4, 0.5) is 0 Å². The molecule has 3 rings (SSSR count). The Morgan fingerprint density at radius 2 is 1.77 bits per heavy atom. The summed E-state index contributed by atoms with van der Waals surface area (Å²) in [6.45, 7) is 0. The molecule has 1 heterocycles. The number of thiophene rings is 1. The zero-order valence-electron chi connectivity index (χ0n) is 14.4. The molecule has 0 fully saturated rings. The highest BCUT2D eigenvalue weighted by Crippen LogP contribution is 2.28. The number of carbonyl (C=O) groups is 1. The Morgan fingerprint density at radius 3 is 2.50 bits per heavy atom. The number of nitrogens with zero attached hydrogens (tertiary/aromatic N) is 1. The Balaban J connectivity index is 1.65. The van der Waals surface area contributed by atoms with Crippen LogP contribution in [0.3, 0.4) is 0 Å². The van der Waals surface area contributed by atoms with Gasteiger partial charge in [0.15, 0.2) is 11.5 Å². The van der Waals surface area contributed by atoms with E-state index in [1.807, 2.05) is 30.3 Å². The maximum atomic E-state index is 12.2. The van der Waals surface area contributed by atoms with Crippen LogP contribution < -0.4 is 14.9 Å². The van der Waals surface area contributed by atoms with Gasteiger partial charge in [-0.2, -0.15) is 5.10 Å². The van der Waals surface area contributed by atoms with Crippen molar-refractivity contribution in [2.24, 2.45) is 5.10 Å². The average molecular weight is 366 g/mol. The summed E-state index contributed by atoms with van der Waals surface area (Å²) in [4.78, 5) is 14.3. The van der Waals surface area contributed by atoms with Gasteiger partial charge in [-0.3, -0.25) is 4.79 Å². The molecular formula is C20H18N2O3S. The Kier molecular flexibility index (Phi) is 5.66. The SMILES string of the molecule is COc1ccc(C(=O)N/N=C\c2ccc(-c3ccccc3)s2)cc1OC. The quantitative estimate of drug-likeness (QED) is 0.525. The maximum absolute atomic E-state index is 12.2. The van der Waals surface area contributed by atoms with Crippen molar-refractivity contribution < 1.29 is 14.3 Å². The van der Waals surface area contributed by atoms with E-state index in [1.165, 1.54) is 7.11 Å². The molecule has 1 N–H and O–H groups in total. The minimum atomic E-state index is -0.318. The van der Waals surface area contributed by atoms with Crippen LogP contribution in [0, 0.1) is 0 Å². The van der Waals surface area contributed by atoms with Gasteiger partial charge in [0.2, 0.25) is 0 Å². The van der Waals surface area contributed by atoms with E-state index in [9.17, 15) is 4.79 Å². The van der Waals surface area contributed by atoms with Crippen LogP contribution in [0.5, 0.6) is 11.5 Å². The highest BCUT2D eigenvalue weighted by molar-refractivity contribution is 7.17. The summed E-state index contributed by atoms with van der Waals surface area (Å²) < 4.78 is 10.4. The zero-order chi connectivity index (χ0) is 18.4. The predicted molar refractivity (Wildman–Crippen MR) is 104 cm³/mol. The van der Waals surface area contributed by atoms with Crippen molar-refractivity contribution in [3.05, 3.63) is 71.1 Å². The first kappa shape index (κ1) is 17.7. The lowest BCUT2D eigenvalue weighted by molar-refractivity contribution is 0.0954. The van der Waals surface area contributed by atoms with E-state index in [1.54, 1.807) is 42.9 Å². The molecule has 6 heteroatoms. The van der Waals surface area contributed by atoms with Gasteiger partial charge >= 0.3 is 0 Å². The van der Waals surface area contributed by atoms with E-state index in [2.05, 4.69) is 22.7 Å². The largest absolute Gasteiger partial charge is 0.493 e. The van der Waals surface area contributed by atoms with Gasteiger partial charge in [0.05, 0.1) is 20.4 Å². The molecule has 0 bridgehead atoms. The van der Waals surface area contributed by atoms with Crippen molar-refractivity contribution in [2.45, 2.75) is 0 Å². The van der Waals surface area contributed by atoms with Gasteiger partial charge < -0.3 is 9.47 Å². The highest BCUT2D eigenvalue weighted by Gasteiger charge is 2.10. The van der Waals surface area contributed by atoms with Crippen molar-refractivity contribution in [3.63, 3.8) is 0 Å². The van der Waals surface area contributed by atoms with Crippen molar-refractivity contribution >= 4 is 23.5 Å². The number of hydrogen-bond donors (Lipinski definition) is 1. The lowest BCUT2D eigenvalue weighted by atomic mass is 10.2. The Hall–Kier alpha value is -3.12. The summed E-state index contributed by atoms with van der Waals surface area (Å²) in [5, 5.41) is 4.04. The van der Waals surface area contributed by atoms with Gasteiger partial charge in [-0.15, -0.1) is 11.3 Å². The number of nitrogens with one attached hydrogen (secondary N) is 1. The molecule has 2 aromatic carbocycles. The number of methoxy groups -OCH3 is 2. The Labute approximate surface area is 155 Å². The second-order valence-corrected chi connectivity index (χ2v) is 6.45. The molecule has 0 saturated heterocycles. The zero-order valence-corrected chi connectivity index (χ0v) is 15.2. The molecule has 1 amide bonds. The minimum Gasteiger partial charge on any atom is -0.493 e. The van der Waals surface area contributed by atoms with Gasteiger partial charge in [-0.05, 0) is 35.9 Å². The number of amides is 1. The molecule has 0 aliphatic heterocycles. The van der Waals surface area contributed by atoms with Crippen molar-refractivity contribution in [1.29, 1.82) is 0 Å². The van der Waals surface area contributed by atoms with Crippen LogP contribution in [0.15, 0.2) is 65.8 Å². The van der Waals surface area contributed by atoms with Crippen LogP contribution in [0.25, 0.3) is 10.4 Å². The molecule has 0 saturated carbocycles. The molecule has 0 unspecified atom stereocenters.